The first kappa shape index (κ1) is 27.1. The van der Waals surface area contributed by atoms with Crippen LogP contribution < -0.4 is 10.6 Å². The number of Topliss-reactive ketones (excluding diaryl/α,β-unsaturated/α-hetero) is 1. The van der Waals surface area contributed by atoms with Gasteiger partial charge in [0.2, 0.25) is 11.8 Å². The molecule has 0 aliphatic heterocycles. The van der Waals surface area contributed by atoms with Gasteiger partial charge in [0.1, 0.15) is 11.8 Å². The molecule has 0 heterocycles. The number of carbonyl (C=O) groups is 4. The molecule has 0 aliphatic carbocycles. The van der Waals surface area contributed by atoms with Crippen LogP contribution in [0.4, 0.5) is 0 Å². The Balaban J connectivity index is 2.68. The number of hydrogen-bond acceptors (Lipinski definition) is 5. The van der Waals surface area contributed by atoms with E-state index in [0.29, 0.717) is 0 Å². The largest absolute Gasteiger partial charge is 0.461 e. The monoisotopic (exact) mass is 444 g/mol. The molecule has 0 fully saturated rings. The second-order valence-corrected chi connectivity index (χ2v) is 8.02. The van der Waals surface area contributed by atoms with Crippen molar-refractivity contribution in [2.75, 3.05) is 6.54 Å². The number of esters is 1. The molecule has 0 radical (unpaired) electrons. The van der Waals surface area contributed by atoms with Crippen LogP contribution in [0.5, 0.6) is 0 Å². The molecule has 0 bridgehead atoms. The quantitative estimate of drug-likeness (QED) is 0.454. The number of carbonyl (C=O) groups excluding carboxylic acids is 4. The second-order valence-electron chi connectivity index (χ2n) is 8.02. The van der Waals surface area contributed by atoms with Gasteiger partial charge in [0.25, 0.3) is 0 Å². The van der Waals surface area contributed by atoms with Gasteiger partial charge in [0.15, 0.2) is 0 Å². The molecule has 0 saturated carbocycles. The normalized spacial score (nSPS) is 12.2. The highest BCUT2D eigenvalue weighted by Gasteiger charge is 2.23. The predicted octanol–water partition coefficient (Wildman–Crippen LogP) is 3.35. The van der Waals surface area contributed by atoms with Gasteiger partial charge in [-0.15, -0.1) is 0 Å². The summed E-state index contributed by atoms with van der Waals surface area (Å²) in [5, 5.41) is 5.17. The molecule has 32 heavy (non-hydrogen) atoms. The third-order valence-corrected chi connectivity index (χ3v) is 4.78. The van der Waals surface area contributed by atoms with E-state index in [-0.39, 0.29) is 43.6 Å². The summed E-state index contributed by atoms with van der Waals surface area (Å²) in [6.07, 6.45) is 3.94. The van der Waals surface area contributed by atoms with E-state index >= 15 is 0 Å². The Bertz CT molecular complexity index is 829. The van der Waals surface area contributed by atoms with Crippen molar-refractivity contribution in [3.05, 3.63) is 41.5 Å². The van der Waals surface area contributed by atoms with Crippen LogP contribution in [0, 0.1) is 0 Å². The van der Waals surface area contributed by atoms with Gasteiger partial charge in [0, 0.05) is 6.42 Å². The van der Waals surface area contributed by atoms with Gasteiger partial charge < -0.3 is 20.2 Å². The van der Waals surface area contributed by atoms with Crippen molar-refractivity contribution in [3.8, 4) is 0 Å². The minimum absolute atomic E-state index is 0.0860. The van der Waals surface area contributed by atoms with E-state index in [9.17, 15) is 19.2 Å². The van der Waals surface area contributed by atoms with Crippen molar-refractivity contribution in [3.63, 3.8) is 0 Å². The van der Waals surface area contributed by atoms with E-state index in [1.54, 1.807) is 13.8 Å². The molecule has 7 heteroatoms. The molecular weight excluding hydrogens is 408 g/mol. The summed E-state index contributed by atoms with van der Waals surface area (Å²) in [7, 11) is 0. The van der Waals surface area contributed by atoms with Gasteiger partial charge in [-0.25, -0.2) is 4.79 Å². The van der Waals surface area contributed by atoms with E-state index in [0.717, 1.165) is 24.0 Å². The molecule has 1 rings (SSSR count). The minimum atomic E-state index is -0.933. The summed E-state index contributed by atoms with van der Waals surface area (Å²) < 4.78 is 5.16. The van der Waals surface area contributed by atoms with Crippen molar-refractivity contribution in [1.82, 2.24) is 10.6 Å². The van der Waals surface area contributed by atoms with Crippen molar-refractivity contribution >= 4 is 29.1 Å². The highest BCUT2D eigenvalue weighted by Crippen LogP contribution is 2.23. The first-order chi connectivity index (χ1) is 15.2. The van der Waals surface area contributed by atoms with Gasteiger partial charge in [0.05, 0.1) is 19.1 Å². The van der Waals surface area contributed by atoms with Crippen molar-refractivity contribution in [1.29, 1.82) is 0 Å². The summed E-state index contributed by atoms with van der Waals surface area (Å²) in [5.41, 5.74) is 3.12. The van der Waals surface area contributed by atoms with Gasteiger partial charge in [-0.05, 0) is 57.2 Å². The Kier molecular flexibility index (Phi) is 12.0. The Morgan fingerprint density at radius 3 is 2.38 bits per heavy atom. The number of hydrogen-bond donors (Lipinski definition) is 2. The molecule has 0 aliphatic rings. The lowest BCUT2D eigenvalue weighted by molar-refractivity contribution is -0.151. The molecule has 0 saturated heterocycles. The van der Waals surface area contributed by atoms with Gasteiger partial charge >= 0.3 is 5.97 Å². The van der Waals surface area contributed by atoms with Crippen LogP contribution >= 0.6 is 0 Å². The molecule has 2 amide bonds. The van der Waals surface area contributed by atoms with Crippen molar-refractivity contribution < 1.29 is 23.9 Å². The molecule has 1 unspecified atom stereocenters. The lowest BCUT2D eigenvalue weighted by Gasteiger charge is -2.19. The van der Waals surface area contributed by atoms with Crippen molar-refractivity contribution in [2.24, 2.45) is 0 Å². The Morgan fingerprint density at radius 2 is 1.78 bits per heavy atom. The minimum Gasteiger partial charge on any atom is -0.461 e. The molecule has 176 valence electrons. The van der Waals surface area contributed by atoms with Crippen molar-refractivity contribution in [2.45, 2.75) is 78.9 Å². The van der Waals surface area contributed by atoms with E-state index in [2.05, 4.69) is 23.6 Å². The maximum absolute atomic E-state index is 12.5. The predicted molar refractivity (Wildman–Crippen MR) is 125 cm³/mol. The fourth-order valence-electron chi connectivity index (χ4n) is 3.24. The molecule has 1 aromatic carbocycles. The summed E-state index contributed by atoms with van der Waals surface area (Å²) in [4.78, 5) is 48.3. The van der Waals surface area contributed by atoms with Crippen LogP contribution in [-0.4, -0.2) is 42.3 Å². The zero-order valence-corrected chi connectivity index (χ0v) is 19.8. The maximum atomic E-state index is 12.5. The van der Waals surface area contributed by atoms with Crippen LogP contribution in [-0.2, 0) is 30.3 Å². The fraction of sp³-hybridized carbons (Fsp3) is 0.520. The highest BCUT2D eigenvalue weighted by molar-refractivity contribution is 5.93. The summed E-state index contributed by atoms with van der Waals surface area (Å²) in [6.45, 7) is 8.57. The number of amides is 2. The lowest BCUT2D eigenvalue weighted by Crippen LogP contribution is -2.46. The van der Waals surface area contributed by atoms with E-state index < -0.39 is 17.9 Å². The van der Waals surface area contributed by atoms with Crippen LogP contribution in [0.15, 0.2) is 30.3 Å². The summed E-state index contributed by atoms with van der Waals surface area (Å²) >= 11 is 0. The number of ketones is 1. The Labute approximate surface area is 191 Å². The number of benzene rings is 1. The number of aryl methyl sites for hydroxylation is 1. The van der Waals surface area contributed by atoms with E-state index in [4.69, 9.17) is 4.74 Å². The third-order valence-electron chi connectivity index (χ3n) is 4.78. The SMILES string of the molecule is C/C=C(/CC(=O)NCC(=O)NC(CCC(C)=O)C(=O)OC(C)C)c1ccccc1CCC. The number of ether oxygens (including phenoxy) is 1. The number of nitrogens with one attached hydrogen (secondary N) is 2. The average Bonchev–Trinajstić information content (AvgIpc) is 2.73. The second kappa shape index (κ2) is 14.2. The van der Waals surface area contributed by atoms with Gasteiger partial charge in [-0.3, -0.25) is 9.59 Å². The lowest BCUT2D eigenvalue weighted by atomic mass is 9.94. The number of rotatable bonds is 13. The Hall–Kier alpha value is -2.96. The fourth-order valence-corrected chi connectivity index (χ4v) is 3.24. The molecule has 0 aromatic heterocycles. The van der Waals surface area contributed by atoms with Crippen LogP contribution in [0.1, 0.15) is 71.4 Å². The van der Waals surface area contributed by atoms with Crippen LogP contribution in [0.3, 0.4) is 0 Å². The molecule has 2 N–H and O–H groups in total. The zero-order chi connectivity index (χ0) is 24.1. The summed E-state index contributed by atoms with van der Waals surface area (Å²) in [6, 6.07) is 7.06. The third kappa shape index (κ3) is 9.90. The molecular formula is C25H36N2O5. The summed E-state index contributed by atoms with van der Waals surface area (Å²) in [5.74, 6) is -1.48. The first-order valence-electron chi connectivity index (χ1n) is 11.2. The molecule has 1 atom stereocenters. The smallest absolute Gasteiger partial charge is 0.328 e. The van der Waals surface area contributed by atoms with E-state index in [1.165, 1.54) is 12.5 Å². The zero-order valence-electron chi connectivity index (χ0n) is 19.8. The first-order valence-corrected chi connectivity index (χ1v) is 11.2. The number of allylic oxidation sites excluding steroid dienone is 1. The standard InChI is InChI=1S/C25H36N2O5/c1-6-10-20-11-8-9-12-21(20)19(7-2)15-23(29)26-16-24(30)27-22(14-13-18(5)28)25(31)32-17(3)4/h7-9,11-12,17,22H,6,10,13-16H2,1-5H3,(H,26,29)(H,27,30)/b19-7-. The van der Waals surface area contributed by atoms with E-state index in [1.807, 2.05) is 31.2 Å². The Morgan fingerprint density at radius 1 is 1.09 bits per heavy atom. The highest BCUT2D eigenvalue weighted by atomic mass is 16.5. The van der Waals surface area contributed by atoms with Crippen LogP contribution in [0.2, 0.25) is 0 Å². The maximum Gasteiger partial charge on any atom is 0.328 e. The topological polar surface area (TPSA) is 102 Å². The molecule has 7 nitrogen and oxygen atoms in total. The van der Waals surface area contributed by atoms with Gasteiger partial charge in [-0.2, -0.15) is 0 Å². The van der Waals surface area contributed by atoms with Gasteiger partial charge in [-0.1, -0.05) is 43.7 Å². The molecule has 1 aromatic rings. The average molecular weight is 445 g/mol. The molecule has 0 spiro atoms. The van der Waals surface area contributed by atoms with Crippen LogP contribution in [0.25, 0.3) is 5.57 Å².